The van der Waals surface area contributed by atoms with Gasteiger partial charge in [-0.2, -0.15) is 0 Å². The monoisotopic (exact) mass is 290 g/mol. The van der Waals surface area contributed by atoms with Crippen molar-refractivity contribution in [2.24, 2.45) is 0 Å². The van der Waals surface area contributed by atoms with E-state index in [9.17, 15) is 15.0 Å². The molecule has 2 unspecified atom stereocenters. The summed E-state index contributed by atoms with van der Waals surface area (Å²) >= 11 is 0. The number of carboxylic acids is 1. The number of unbranched alkanes of at least 4 members (excludes halogenated alkanes) is 4. The minimum Gasteiger partial charge on any atom is -0.481 e. The zero-order chi connectivity index (χ0) is 15.0. The molecule has 1 aliphatic rings. The fourth-order valence-electron chi connectivity index (χ4n) is 2.20. The summed E-state index contributed by atoms with van der Waals surface area (Å²) in [5.74, 6) is -0.743. The third-order valence-electron chi connectivity index (χ3n) is 3.50. The molecule has 1 heterocycles. The van der Waals surface area contributed by atoms with Gasteiger partial charge in [-0.25, -0.2) is 0 Å². The first kappa shape index (κ1) is 17.4. The Balaban J connectivity index is 1.99. The molecule has 0 spiro atoms. The molecule has 0 saturated carbocycles. The van der Waals surface area contributed by atoms with Crippen molar-refractivity contribution in [3.8, 4) is 0 Å². The topological polar surface area (TPSA) is 96.2 Å². The number of hydrogen-bond acceptors (Lipinski definition) is 5. The zero-order valence-electron chi connectivity index (χ0n) is 12.0. The summed E-state index contributed by atoms with van der Waals surface area (Å²) in [6.45, 7) is 2.26. The van der Waals surface area contributed by atoms with Gasteiger partial charge in [0.05, 0.1) is 12.2 Å². The van der Waals surface area contributed by atoms with E-state index in [1.54, 1.807) is 6.92 Å². The van der Waals surface area contributed by atoms with Crippen molar-refractivity contribution < 1.29 is 29.6 Å². The second kappa shape index (κ2) is 9.28. The molecule has 1 saturated heterocycles. The van der Waals surface area contributed by atoms with Crippen LogP contribution in [0.4, 0.5) is 0 Å². The third kappa shape index (κ3) is 6.65. The van der Waals surface area contributed by atoms with Gasteiger partial charge in [0.2, 0.25) is 0 Å². The second-order valence-electron chi connectivity index (χ2n) is 5.36. The molecule has 20 heavy (non-hydrogen) atoms. The minimum absolute atomic E-state index is 0.235. The fourth-order valence-corrected chi connectivity index (χ4v) is 2.20. The average Bonchev–Trinajstić information content (AvgIpc) is 2.38. The Morgan fingerprint density at radius 2 is 1.80 bits per heavy atom. The maximum absolute atomic E-state index is 10.3. The number of carboxylic acid groups (broad SMARTS) is 1. The Kier molecular flexibility index (Phi) is 8.06. The maximum atomic E-state index is 10.3. The van der Waals surface area contributed by atoms with Gasteiger partial charge >= 0.3 is 5.97 Å². The highest BCUT2D eigenvalue weighted by molar-refractivity contribution is 5.66. The Morgan fingerprint density at radius 1 is 1.15 bits per heavy atom. The van der Waals surface area contributed by atoms with Gasteiger partial charge in [0.1, 0.15) is 6.10 Å². The number of rotatable bonds is 9. The molecule has 0 aromatic carbocycles. The molecule has 1 rings (SSSR count). The molecule has 1 fully saturated rings. The predicted octanol–water partition coefficient (Wildman–Crippen LogP) is 1.28. The lowest BCUT2D eigenvalue weighted by atomic mass is 10.0. The number of ether oxygens (including phenoxy) is 2. The summed E-state index contributed by atoms with van der Waals surface area (Å²) in [7, 11) is 0. The first-order valence-corrected chi connectivity index (χ1v) is 7.35. The third-order valence-corrected chi connectivity index (χ3v) is 3.50. The molecular weight excluding hydrogens is 264 g/mol. The normalized spacial score (nSPS) is 30.4. The molecule has 6 nitrogen and oxygen atoms in total. The molecule has 6 heteroatoms. The van der Waals surface area contributed by atoms with Gasteiger partial charge in [0.15, 0.2) is 6.29 Å². The largest absolute Gasteiger partial charge is 0.481 e. The van der Waals surface area contributed by atoms with Gasteiger partial charge in [-0.3, -0.25) is 4.79 Å². The Morgan fingerprint density at radius 3 is 2.50 bits per heavy atom. The molecule has 0 aromatic heterocycles. The number of aliphatic hydroxyl groups excluding tert-OH is 2. The average molecular weight is 290 g/mol. The highest BCUT2D eigenvalue weighted by Crippen LogP contribution is 2.21. The van der Waals surface area contributed by atoms with Crippen LogP contribution in [0.2, 0.25) is 0 Å². The van der Waals surface area contributed by atoms with E-state index in [0.29, 0.717) is 6.61 Å². The van der Waals surface area contributed by atoms with Crippen molar-refractivity contribution in [1.82, 2.24) is 0 Å². The molecule has 0 amide bonds. The van der Waals surface area contributed by atoms with E-state index >= 15 is 0 Å². The number of aliphatic hydroxyl groups is 2. The van der Waals surface area contributed by atoms with E-state index < -0.39 is 24.5 Å². The van der Waals surface area contributed by atoms with Crippen LogP contribution in [-0.4, -0.2) is 52.5 Å². The quantitative estimate of drug-likeness (QED) is 0.554. The summed E-state index contributed by atoms with van der Waals surface area (Å²) in [5.41, 5.74) is 0. The minimum atomic E-state index is -0.781. The maximum Gasteiger partial charge on any atom is 0.303 e. The first-order valence-electron chi connectivity index (χ1n) is 7.35. The molecule has 0 aromatic rings. The lowest BCUT2D eigenvalue weighted by Gasteiger charge is -2.35. The van der Waals surface area contributed by atoms with Gasteiger partial charge in [-0.05, 0) is 19.8 Å². The van der Waals surface area contributed by atoms with E-state index in [0.717, 1.165) is 32.1 Å². The summed E-state index contributed by atoms with van der Waals surface area (Å²) in [6, 6.07) is 0. The number of hydrogen-bond donors (Lipinski definition) is 3. The SMILES string of the molecule is CC1OC(OCCCCCCCC(=O)O)[C@@H](O)C[C@H]1O. The van der Waals surface area contributed by atoms with E-state index in [1.807, 2.05) is 0 Å². The predicted molar refractivity (Wildman–Crippen MR) is 72.3 cm³/mol. The Hall–Kier alpha value is -0.690. The van der Waals surface area contributed by atoms with E-state index in [-0.39, 0.29) is 18.9 Å². The van der Waals surface area contributed by atoms with Crippen LogP contribution >= 0.6 is 0 Å². The lowest BCUT2D eigenvalue weighted by molar-refractivity contribution is -0.261. The summed E-state index contributed by atoms with van der Waals surface area (Å²) in [6.07, 6.45) is 2.57. The van der Waals surface area contributed by atoms with Gasteiger partial charge in [0, 0.05) is 19.4 Å². The highest BCUT2D eigenvalue weighted by Gasteiger charge is 2.34. The van der Waals surface area contributed by atoms with Gasteiger partial charge in [0.25, 0.3) is 0 Å². The van der Waals surface area contributed by atoms with Crippen molar-refractivity contribution in [3.05, 3.63) is 0 Å². The Labute approximate surface area is 119 Å². The first-order chi connectivity index (χ1) is 9.50. The van der Waals surface area contributed by atoms with Crippen LogP contribution in [0.15, 0.2) is 0 Å². The Bertz CT molecular complexity index is 283. The van der Waals surface area contributed by atoms with E-state index in [2.05, 4.69) is 0 Å². The van der Waals surface area contributed by atoms with Gasteiger partial charge in [-0.15, -0.1) is 0 Å². The van der Waals surface area contributed by atoms with Gasteiger partial charge < -0.3 is 24.8 Å². The van der Waals surface area contributed by atoms with Crippen molar-refractivity contribution in [2.75, 3.05) is 6.61 Å². The van der Waals surface area contributed by atoms with Crippen molar-refractivity contribution in [3.63, 3.8) is 0 Å². The van der Waals surface area contributed by atoms with Crippen LogP contribution in [0.3, 0.4) is 0 Å². The molecule has 0 aliphatic carbocycles. The summed E-state index contributed by atoms with van der Waals surface area (Å²) in [5, 5.41) is 27.7. The van der Waals surface area contributed by atoms with Crippen molar-refractivity contribution >= 4 is 5.97 Å². The van der Waals surface area contributed by atoms with Crippen molar-refractivity contribution in [2.45, 2.75) is 76.5 Å². The second-order valence-corrected chi connectivity index (χ2v) is 5.36. The van der Waals surface area contributed by atoms with Crippen LogP contribution in [0.1, 0.15) is 51.9 Å². The van der Waals surface area contributed by atoms with Crippen LogP contribution < -0.4 is 0 Å². The number of carbonyl (C=O) groups is 1. The molecule has 0 radical (unpaired) electrons. The van der Waals surface area contributed by atoms with Crippen LogP contribution in [0, 0.1) is 0 Å². The molecule has 1 aliphatic heterocycles. The number of aliphatic carboxylic acids is 1. The summed E-state index contributed by atoms with van der Waals surface area (Å²) in [4.78, 5) is 10.3. The molecular formula is C14H26O6. The molecule has 4 atom stereocenters. The molecule has 3 N–H and O–H groups in total. The van der Waals surface area contributed by atoms with Crippen LogP contribution in [-0.2, 0) is 14.3 Å². The standard InChI is InChI=1S/C14H26O6/c1-10-11(15)9-12(16)14(20-10)19-8-6-4-2-3-5-7-13(17)18/h10-12,14-16H,2-9H2,1H3,(H,17,18)/t10?,11-,12+,14?/m1/s1. The van der Waals surface area contributed by atoms with Gasteiger partial charge in [-0.1, -0.05) is 19.3 Å². The zero-order valence-corrected chi connectivity index (χ0v) is 12.0. The van der Waals surface area contributed by atoms with E-state index in [1.165, 1.54) is 0 Å². The molecule has 118 valence electrons. The highest BCUT2D eigenvalue weighted by atomic mass is 16.7. The van der Waals surface area contributed by atoms with Crippen molar-refractivity contribution in [1.29, 1.82) is 0 Å². The van der Waals surface area contributed by atoms with Crippen LogP contribution in [0.25, 0.3) is 0 Å². The fraction of sp³-hybridized carbons (Fsp3) is 0.929. The lowest BCUT2D eigenvalue weighted by Crippen LogP contribution is -2.47. The smallest absolute Gasteiger partial charge is 0.303 e. The summed E-state index contributed by atoms with van der Waals surface area (Å²) < 4.78 is 10.9. The molecule has 0 bridgehead atoms. The van der Waals surface area contributed by atoms with Crippen LogP contribution in [0.5, 0.6) is 0 Å². The van der Waals surface area contributed by atoms with E-state index in [4.69, 9.17) is 14.6 Å².